The van der Waals surface area contributed by atoms with Crippen LogP contribution >= 0.6 is 23.2 Å². The molecule has 5 heteroatoms. The lowest BCUT2D eigenvalue weighted by Gasteiger charge is -2.40. The second-order valence-electron chi connectivity index (χ2n) is 5.43. The molecule has 1 heterocycles. The standard InChI is InChI=1S/C15H21Cl2FN2/c1-10(12-8-15(18)14(17)9-13(12)16)20-7-3-2-4-11(20)5-6-19/h8-11H,2-7,19H2,1H3. The van der Waals surface area contributed by atoms with Crippen molar-refractivity contribution in [3.8, 4) is 0 Å². The lowest BCUT2D eigenvalue weighted by atomic mass is 9.95. The Morgan fingerprint density at radius 2 is 2.10 bits per heavy atom. The Morgan fingerprint density at radius 3 is 2.80 bits per heavy atom. The van der Waals surface area contributed by atoms with E-state index in [2.05, 4.69) is 11.8 Å². The molecule has 20 heavy (non-hydrogen) atoms. The van der Waals surface area contributed by atoms with Gasteiger partial charge in [0.2, 0.25) is 0 Å². The fourth-order valence-electron chi connectivity index (χ4n) is 3.07. The molecule has 2 atom stereocenters. The molecule has 0 saturated carbocycles. The van der Waals surface area contributed by atoms with Crippen molar-refractivity contribution in [1.82, 2.24) is 4.90 Å². The van der Waals surface area contributed by atoms with E-state index in [-0.39, 0.29) is 11.1 Å². The van der Waals surface area contributed by atoms with Crippen LogP contribution < -0.4 is 5.73 Å². The molecule has 0 spiro atoms. The fraction of sp³-hybridized carbons (Fsp3) is 0.600. The van der Waals surface area contributed by atoms with E-state index in [9.17, 15) is 4.39 Å². The topological polar surface area (TPSA) is 29.3 Å². The minimum atomic E-state index is -0.412. The molecule has 2 rings (SSSR count). The number of likely N-dealkylation sites (tertiary alicyclic amines) is 1. The van der Waals surface area contributed by atoms with Crippen LogP contribution in [0.4, 0.5) is 4.39 Å². The third kappa shape index (κ3) is 3.45. The van der Waals surface area contributed by atoms with Crippen molar-refractivity contribution in [3.05, 3.63) is 33.6 Å². The summed E-state index contributed by atoms with van der Waals surface area (Å²) in [5.41, 5.74) is 6.51. The van der Waals surface area contributed by atoms with Crippen molar-refractivity contribution in [2.24, 2.45) is 5.73 Å². The molecule has 1 fully saturated rings. The van der Waals surface area contributed by atoms with Crippen molar-refractivity contribution in [2.45, 2.75) is 44.7 Å². The maximum absolute atomic E-state index is 13.7. The molecule has 2 unspecified atom stereocenters. The molecule has 2 nitrogen and oxygen atoms in total. The van der Waals surface area contributed by atoms with Gasteiger partial charge in [0, 0.05) is 17.1 Å². The normalized spacial score (nSPS) is 21.9. The van der Waals surface area contributed by atoms with E-state index in [1.165, 1.54) is 25.0 Å². The molecule has 1 aliphatic rings. The predicted molar refractivity (Wildman–Crippen MR) is 82.9 cm³/mol. The summed E-state index contributed by atoms with van der Waals surface area (Å²) in [4.78, 5) is 2.39. The summed E-state index contributed by atoms with van der Waals surface area (Å²) >= 11 is 12.0. The average molecular weight is 319 g/mol. The Bertz CT molecular complexity index is 465. The van der Waals surface area contributed by atoms with Gasteiger partial charge >= 0.3 is 0 Å². The number of hydrogen-bond acceptors (Lipinski definition) is 2. The van der Waals surface area contributed by atoms with Gasteiger partial charge in [-0.2, -0.15) is 0 Å². The first-order valence-corrected chi connectivity index (χ1v) is 7.90. The Labute approximate surface area is 130 Å². The third-order valence-electron chi connectivity index (χ3n) is 4.16. The smallest absolute Gasteiger partial charge is 0.142 e. The summed E-state index contributed by atoms with van der Waals surface area (Å²) in [6.45, 7) is 3.76. The van der Waals surface area contributed by atoms with Crippen LogP contribution in [0.1, 0.15) is 44.2 Å². The Kier molecular flexibility index (Phi) is 5.67. The van der Waals surface area contributed by atoms with Crippen LogP contribution in [-0.4, -0.2) is 24.0 Å². The number of rotatable bonds is 4. The van der Waals surface area contributed by atoms with Crippen LogP contribution in [0.2, 0.25) is 10.0 Å². The van der Waals surface area contributed by atoms with Crippen LogP contribution in [0, 0.1) is 5.82 Å². The lowest BCUT2D eigenvalue weighted by Crippen LogP contribution is -2.42. The molecule has 1 aromatic carbocycles. The van der Waals surface area contributed by atoms with Crippen molar-refractivity contribution in [2.75, 3.05) is 13.1 Å². The molecule has 2 N–H and O–H groups in total. The van der Waals surface area contributed by atoms with Gasteiger partial charge in [-0.05, 0) is 57.0 Å². The second kappa shape index (κ2) is 7.08. The van der Waals surface area contributed by atoms with E-state index in [0.29, 0.717) is 17.6 Å². The summed E-state index contributed by atoms with van der Waals surface area (Å²) in [5, 5.41) is 0.601. The fourth-order valence-corrected chi connectivity index (χ4v) is 3.61. The molecular weight excluding hydrogens is 298 g/mol. The molecule has 0 radical (unpaired) electrons. The van der Waals surface area contributed by atoms with Gasteiger partial charge in [-0.3, -0.25) is 4.90 Å². The van der Waals surface area contributed by atoms with E-state index < -0.39 is 5.82 Å². The number of halogens is 3. The minimum absolute atomic E-state index is 0.0723. The molecule has 1 aromatic rings. The van der Waals surface area contributed by atoms with Gasteiger partial charge in [-0.25, -0.2) is 4.39 Å². The second-order valence-corrected chi connectivity index (χ2v) is 6.24. The summed E-state index contributed by atoms with van der Waals surface area (Å²) in [5.74, 6) is -0.412. The highest BCUT2D eigenvalue weighted by Gasteiger charge is 2.28. The van der Waals surface area contributed by atoms with Gasteiger partial charge in [0.15, 0.2) is 0 Å². The molecule has 1 saturated heterocycles. The Morgan fingerprint density at radius 1 is 1.35 bits per heavy atom. The summed E-state index contributed by atoms with van der Waals surface area (Å²) < 4.78 is 13.7. The highest BCUT2D eigenvalue weighted by molar-refractivity contribution is 6.35. The van der Waals surface area contributed by atoms with E-state index in [1.54, 1.807) is 0 Å². The summed E-state index contributed by atoms with van der Waals surface area (Å²) in [7, 11) is 0. The highest BCUT2D eigenvalue weighted by atomic mass is 35.5. The zero-order valence-electron chi connectivity index (χ0n) is 11.7. The first-order valence-electron chi connectivity index (χ1n) is 7.15. The quantitative estimate of drug-likeness (QED) is 0.834. The number of nitrogens with zero attached hydrogens (tertiary/aromatic N) is 1. The number of hydrogen-bond donors (Lipinski definition) is 1. The van der Waals surface area contributed by atoms with Crippen molar-refractivity contribution in [1.29, 1.82) is 0 Å². The molecule has 0 bridgehead atoms. The van der Waals surface area contributed by atoms with Crippen molar-refractivity contribution in [3.63, 3.8) is 0 Å². The Balaban J connectivity index is 2.24. The molecule has 112 valence electrons. The largest absolute Gasteiger partial charge is 0.330 e. The molecule has 1 aliphatic heterocycles. The maximum atomic E-state index is 13.7. The summed E-state index contributed by atoms with van der Waals surface area (Å²) in [6, 6.07) is 3.49. The van der Waals surface area contributed by atoms with E-state index in [1.807, 2.05) is 0 Å². The van der Waals surface area contributed by atoms with Gasteiger partial charge < -0.3 is 5.73 Å². The number of benzene rings is 1. The van der Waals surface area contributed by atoms with E-state index in [0.717, 1.165) is 24.9 Å². The Hall–Kier alpha value is -0.350. The van der Waals surface area contributed by atoms with Gasteiger partial charge in [0.25, 0.3) is 0 Å². The van der Waals surface area contributed by atoms with Gasteiger partial charge in [0.05, 0.1) is 5.02 Å². The lowest BCUT2D eigenvalue weighted by molar-refractivity contribution is 0.0983. The van der Waals surface area contributed by atoms with Crippen LogP contribution in [0.3, 0.4) is 0 Å². The van der Waals surface area contributed by atoms with Gasteiger partial charge in [-0.1, -0.05) is 29.6 Å². The average Bonchev–Trinajstić information content (AvgIpc) is 2.43. The number of nitrogens with two attached hydrogens (primary N) is 1. The van der Waals surface area contributed by atoms with Gasteiger partial charge in [0.1, 0.15) is 5.82 Å². The molecular formula is C15H21Cl2FN2. The predicted octanol–water partition coefficient (Wildman–Crippen LogP) is 4.40. The van der Waals surface area contributed by atoms with Crippen molar-refractivity contribution < 1.29 is 4.39 Å². The first-order chi connectivity index (χ1) is 9.54. The van der Waals surface area contributed by atoms with Gasteiger partial charge in [-0.15, -0.1) is 0 Å². The van der Waals surface area contributed by atoms with Crippen LogP contribution in [0.25, 0.3) is 0 Å². The third-order valence-corrected chi connectivity index (χ3v) is 4.78. The zero-order valence-corrected chi connectivity index (χ0v) is 13.2. The van der Waals surface area contributed by atoms with E-state index >= 15 is 0 Å². The van der Waals surface area contributed by atoms with Crippen LogP contribution in [-0.2, 0) is 0 Å². The molecule has 0 aromatic heterocycles. The SMILES string of the molecule is CC(c1cc(F)c(Cl)cc1Cl)N1CCCCC1CCN. The van der Waals surface area contributed by atoms with Crippen LogP contribution in [0.15, 0.2) is 12.1 Å². The summed E-state index contributed by atoms with van der Waals surface area (Å²) in [6.07, 6.45) is 4.52. The monoisotopic (exact) mass is 318 g/mol. The number of piperidine rings is 1. The zero-order chi connectivity index (χ0) is 14.7. The first kappa shape index (κ1) is 16.0. The van der Waals surface area contributed by atoms with Crippen molar-refractivity contribution >= 4 is 23.2 Å². The highest BCUT2D eigenvalue weighted by Crippen LogP contribution is 2.35. The molecule has 0 aliphatic carbocycles. The van der Waals surface area contributed by atoms with E-state index in [4.69, 9.17) is 28.9 Å². The van der Waals surface area contributed by atoms with Crippen LogP contribution in [0.5, 0.6) is 0 Å². The minimum Gasteiger partial charge on any atom is -0.330 e. The molecule has 0 amide bonds. The maximum Gasteiger partial charge on any atom is 0.142 e.